The zero-order chi connectivity index (χ0) is 13.0. The Morgan fingerprint density at radius 1 is 1.29 bits per heavy atom. The van der Waals surface area contributed by atoms with Crippen LogP contribution in [0.2, 0.25) is 0 Å². The molecule has 1 unspecified atom stereocenters. The first-order chi connectivity index (χ1) is 7.91. The van der Waals surface area contributed by atoms with E-state index >= 15 is 0 Å². The van der Waals surface area contributed by atoms with E-state index < -0.39 is 11.9 Å². The summed E-state index contributed by atoms with van der Waals surface area (Å²) in [5, 5.41) is 8.75. The first kappa shape index (κ1) is 13.2. The van der Waals surface area contributed by atoms with Crippen LogP contribution < -0.4 is 4.90 Å². The Hall–Kier alpha value is -1.84. The number of carbonyl (C=O) groups excluding carboxylic acids is 1. The van der Waals surface area contributed by atoms with Crippen LogP contribution >= 0.6 is 0 Å². The van der Waals surface area contributed by atoms with Crippen LogP contribution in [0.25, 0.3) is 0 Å². The molecule has 17 heavy (non-hydrogen) atoms. The van der Waals surface area contributed by atoms with Crippen molar-refractivity contribution in [3.8, 4) is 0 Å². The third kappa shape index (κ3) is 3.59. The monoisotopic (exact) mass is 235 g/mol. The quantitative estimate of drug-likeness (QED) is 0.869. The average molecular weight is 235 g/mol. The van der Waals surface area contributed by atoms with Gasteiger partial charge in [0.25, 0.3) is 0 Å². The molecular weight excluding hydrogens is 218 g/mol. The molecule has 1 aromatic rings. The number of rotatable bonds is 4. The molecule has 0 spiro atoms. The standard InChI is InChI=1S/C13H17NO3/c1-9-4-6-11(7-5-9)14(3)12(15)8-10(2)13(16)17/h4-7,10H,8H2,1-3H3,(H,16,17). The molecule has 0 aliphatic carbocycles. The Morgan fingerprint density at radius 3 is 2.29 bits per heavy atom. The Morgan fingerprint density at radius 2 is 1.82 bits per heavy atom. The van der Waals surface area contributed by atoms with Crippen LogP contribution in [-0.2, 0) is 9.59 Å². The second-order valence-corrected chi connectivity index (χ2v) is 4.23. The van der Waals surface area contributed by atoms with Gasteiger partial charge in [0.15, 0.2) is 0 Å². The highest BCUT2D eigenvalue weighted by Gasteiger charge is 2.19. The van der Waals surface area contributed by atoms with Crippen LogP contribution in [0.15, 0.2) is 24.3 Å². The number of aliphatic carboxylic acids is 1. The van der Waals surface area contributed by atoms with Crippen molar-refractivity contribution < 1.29 is 14.7 Å². The van der Waals surface area contributed by atoms with E-state index in [1.54, 1.807) is 7.05 Å². The van der Waals surface area contributed by atoms with Crippen LogP contribution in [0.1, 0.15) is 18.9 Å². The van der Waals surface area contributed by atoms with E-state index in [2.05, 4.69) is 0 Å². The molecule has 0 aliphatic heterocycles. The van der Waals surface area contributed by atoms with Gasteiger partial charge in [-0.25, -0.2) is 0 Å². The minimum Gasteiger partial charge on any atom is -0.481 e. The smallest absolute Gasteiger partial charge is 0.306 e. The molecule has 4 nitrogen and oxygen atoms in total. The predicted octanol–water partition coefficient (Wildman–Crippen LogP) is 2.07. The minimum absolute atomic E-state index is 0.0136. The molecule has 1 aromatic carbocycles. The van der Waals surface area contributed by atoms with Crippen LogP contribution in [0.5, 0.6) is 0 Å². The van der Waals surface area contributed by atoms with Gasteiger partial charge in [-0.3, -0.25) is 9.59 Å². The van der Waals surface area contributed by atoms with Gasteiger partial charge in [-0.05, 0) is 19.1 Å². The molecule has 0 bridgehead atoms. The lowest BCUT2D eigenvalue weighted by Gasteiger charge is -2.18. The molecule has 0 radical (unpaired) electrons. The summed E-state index contributed by atoms with van der Waals surface area (Å²) in [5.74, 6) is -1.80. The molecule has 0 fully saturated rings. The normalized spacial score (nSPS) is 11.9. The van der Waals surface area contributed by atoms with Crippen molar-refractivity contribution in [2.75, 3.05) is 11.9 Å². The highest BCUT2D eigenvalue weighted by atomic mass is 16.4. The van der Waals surface area contributed by atoms with Crippen molar-refractivity contribution in [3.05, 3.63) is 29.8 Å². The molecule has 0 saturated carbocycles. The fraction of sp³-hybridized carbons (Fsp3) is 0.385. The summed E-state index contributed by atoms with van der Waals surface area (Å²) in [6.07, 6.45) is 0.0136. The number of carboxylic acid groups (broad SMARTS) is 1. The summed E-state index contributed by atoms with van der Waals surface area (Å²) in [6, 6.07) is 7.52. The molecular formula is C13H17NO3. The summed E-state index contributed by atoms with van der Waals surface area (Å²) >= 11 is 0. The second kappa shape index (κ2) is 5.48. The molecule has 4 heteroatoms. The molecule has 0 saturated heterocycles. The highest BCUT2D eigenvalue weighted by Crippen LogP contribution is 2.15. The van der Waals surface area contributed by atoms with Crippen molar-refractivity contribution in [1.82, 2.24) is 0 Å². The maximum Gasteiger partial charge on any atom is 0.306 e. The van der Waals surface area contributed by atoms with Crippen molar-refractivity contribution in [3.63, 3.8) is 0 Å². The fourth-order valence-corrected chi connectivity index (χ4v) is 1.40. The molecule has 1 atom stereocenters. The van der Waals surface area contributed by atoms with Gasteiger partial charge in [-0.2, -0.15) is 0 Å². The van der Waals surface area contributed by atoms with Gasteiger partial charge in [0, 0.05) is 19.2 Å². The van der Waals surface area contributed by atoms with Crippen LogP contribution in [-0.4, -0.2) is 24.0 Å². The number of hydrogen-bond acceptors (Lipinski definition) is 2. The first-order valence-corrected chi connectivity index (χ1v) is 5.48. The Balaban J connectivity index is 2.70. The van der Waals surface area contributed by atoms with Crippen molar-refractivity contribution >= 4 is 17.6 Å². The number of benzene rings is 1. The lowest BCUT2D eigenvalue weighted by Crippen LogP contribution is -2.29. The molecule has 1 N–H and O–H groups in total. The van der Waals surface area contributed by atoms with Gasteiger partial charge < -0.3 is 10.0 Å². The molecule has 0 heterocycles. The van der Waals surface area contributed by atoms with Gasteiger partial charge in [0.1, 0.15) is 0 Å². The Bertz CT molecular complexity index is 411. The lowest BCUT2D eigenvalue weighted by molar-refractivity contribution is -0.143. The molecule has 1 rings (SSSR count). The Kier molecular flexibility index (Phi) is 4.26. The third-order valence-corrected chi connectivity index (χ3v) is 2.70. The molecule has 0 aromatic heterocycles. The maximum atomic E-state index is 11.8. The van der Waals surface area contributed by atoms with Crippen molar-refractivity contribution in [2.24, 2.45) is 5.92 Å². The van der Waals surface area contributed by atoms with Gasteiger partial charge in [0.2, 0.25) is 5.91 Å². The van der Waals surface area contributed by atoms with E-state index in [0.29, 0.717) is 0 Å². The van der Waals surface area contributed by atoms with Gasteiger partial charge >= 0.3 is 5.97 Å². The average Bonchev–Trinajstić information content (AvgIpc) is 2.28. The number of anilines is 1. The minimum atomic E-state index is -0.948. The highest BCUT2D eigenvalue weighted by molar-refractivity contribution is 5.94. The summed E-state index contributed by atoms with van der Waals surface area (Å²) in [6.45, 7) is 3.50. The number of amides is 1. The largest absolute Gasteiger partial charge is 0.481 e. The number of nitrogens with zero attached hydrogens (tertiary/aromatic N) is 1. The van der Waals surface area contributed by atoms with E-state index in [4.69, 9.17) is 5.11 Å². The van der Waals surface area contributed by atoms with Crippen LogP contribution in [0.3, 0.4) is 0 Å². The summed E-state index contributed by atoms with van der Waals surface area (Å²) in [5.41, 5.74) is 1.90. The van der Waals surface area contributed by atoms with Crippen molar-refractivity contribution in [2.45, 2.75) is 20.3 Å². The van der Waals surface area contributed by atoms with E-state index in [0.717, 1.165) is 11.3 Å². The number of hydrogen-bond donors (Lipinski definition) is 1. The SMILES string of the molecule is Cc1ccc(N(C)C(=O)CC(C)C(=O)O)cc1. The maximum absolute atomic E-state index is 11.8. The van der Waals surface area contributed by atoms with Crippen molar-refractivity contribution in [1.29, 1.82) is 0 Å². The van der Waals surface area contributed by atoms with E-state index in [1.165, 1.54) is 11.8 Å². The summed E-state index contributed by atoms with van der Waals surface area (Å²) in [7, 11) is 1.65. The van der Waals surface area contributed by atoms with Gasteiger partial charge in [-0.15, -0.1) is 0 Å². The zero-order valence-electron chi connectivity index (χ0n) is 10.3. The fourth-order valence-electron chi connectivity index (χ4n) is 1.40. The lowest BCUT2D eigenvalue weighted by atomic mass is 10.1. The van der Waals surface area contributed by atoms with Crippen LogP contribution in [0, 0.1) is 12.8 Å². The second-order valence-electron chi connectivity index (χ2n) is 4.23. The number of aryl methyl sites for hydroxylation is 1. The summed E-state index contributed by atoms with van der Waals surface area (Å²) < 4.78 is 0. The van der Waals surface area contributed by atoms with E-state index in [9.17, 15) is 9.59 Å². The molecule has 1 amide bonds. The van der Waals surface area contributed by atoms with Gasteiger partial charge in [0.05, 0.1) is 5.92 Å². The first-order valence-electron chi connectivity index (χ1n) is 5.48. The molecule has 92 valence electrons. The third-order valence-electron chi connectivity index (χ3n) is 2.70. The topological polar surface area (TPSA) is 57.6 Å². The predicted molar refractivity (Wildman–Crippen MR) is 66.0 cm³/mol. The van der Waals surface area contributed by atoms with Crippen LogP contribution in [0.4, 0.5) is 5.69 Å². The molecule has 0 aliphatic rings. The van der Waals surface area contributed by atoms with E-state index in [1.807, 2.05) is 31.2 Å². The number of carbonyl (C=O) groups is 2. The summed E-state index contributed by atoms with van der Waals surface area (Å²) in [4.78, 5) is 24.0. The van der Waals surface area contributed by atoms with E-state index in [-0.39, 0.29) is 12.3 Å². The Labute approximate surface area is 101 Å². The zero-order valence-corrected chi connectivity index (χ0v) is 10.3. The van der Waals surface area contributed by atoms with Gasteiger partial charge in [-0.1, -0.05) is 24.6 Å². The number of carboxylic acids is 1.